The topological polar surface area (TPSA) is 105 Å². The molecule has 0 spiro atoms. The summed E-state index contributed by atoms with van der Waals surface area (Å²) in [6.07, 6.45) is 8.68. The van der Waals surface area contributed by atoms with Crippen molar-refractivity contribution < 1.29 is 34.3 Å². The number of benzene rings is 1. The monoisotopic (exact) mass is 432 g/mol. The minimum atomic E-state index is -1.01. The molecule has 31 heavy (non-hydrogen) atoms. The van der Waals surface area contributed by atoms with Gasteiger partial charge in [0.2, 0.25) is 5.79 Å². The highest BCUT2D eigenvalue weighted by Gasteiger charge is 2.41. The van der Waals surface area contributed by atoms with Gasteiger partial charge in [-0.15, -0.1) is 0 Å². The van der Waals surface area contributed by atoms with Crippen LogP contribution >= 0.6 is 0 Å². The van der Waals surface area contributed by atoms with E-state index in [1.54, 1.807) is 6.08 Å². The molecule has 0 bridgehead atoms. The minimum Gasteiger partial charge on any atom is -0.488 e. The summed E-state index contributed by atoms with van der Waals surface area (Å²) in [6.45, 7) is 1.11. The lowest BCUT2D eigenvalue weighted by molar-refractivity contribution is -0.139. The van der Waals surface area contributed by atoms with Gasteiger partial charge in [0.15, 0.2) is 0 Å². The number of carbonyl (C=O) groups is 1. The van der Waals surface area contributed by atoms with Crippen molar-refractivity contribution in [2.45, 2.75) is 50.1 Å². The summed E-state index contributed by atoms with van der Waals surface area (Å²) >= 11 is 0. The van der Waals surface area contributed by atoms with Gasteiger partial charge in [-0.2, -0.15) is 0 Å². The average molecular weight is 433 g/mol. The Morgan fingerprint density at radius 2 is 1.87 bits per heavy atom. The molecular weight excluding hydrogens is 400 g/mol. The number of aliphatic hydroxyl groups is 2. The fourth-order valence-electron chi connectivity index (χ4n) is 4.11. The van der Waals surface area contributed by atoms with Gasteiger partial charge in [-0.05, 0) is 43.4 Å². The molecule has 2 fully saturated rings. The van der Waals surface area contributed by atoms with E-state index in [-0.39, 0.29) is 24.9 Å². The normalized spacial score (nSPS) is 27.9. The van der Waals surface area contributed by atoms with Crippen LogP contribution in [0.3, 0.4) is 0 Å². The molecule has 0 radical (unpaired) electrons. The van der Waals surface area contributed by atoms with Gasteiger partial charge in [-0.25, -0.2) is 0 Å². The molecule has 170 valence electrons. The molecule has 0 amide bonds. The quantitative estimate of drug-likeness (QED) is 0.365. The van der Waals surface area contributed by atoms with Gasteiger partial charge in [0.05, 0.1) is 25.4 Å². The number of hydrogen-bond donors (Lipinski definition) is 3. The van der Waals surface area contributed by atoms with Crippen molar-refractivity contribution >= 4 is 5.97 Å². The second-order valence-corrected chi connectivity index (χ2v) is 8.07. The summed E-state index contributed by atoms with van der Waals surface area (Å²) in [5, 5.41) is 29.6. The molecule has 3 rings (SSSR count). The summed E-state index contributed by atoms with van der Waals surface area (Å²) in [6, 6.07) is 9.43. The molecular formula is C24H32O7. The standard InChI is InChI=1S/C24H32O7/c25-21-16-22(26)20(19(21)10-6-1-2-7-11-23(27)28)12-13-24(30-14-15-31-24)17-29-18-8-4-3-5-9-18/h1,3-6,8-9,12-13,19-22,25-26H,2,7,10-11,14-17H2,(H,27,28)/b6-1+,13-12+/t19?,20-,21?,22?/m1/s1. The van der Waals surface area contributed by atoms with Crippen LogP contribution in [0.4, 0.5) is 0 Å². The molecule has 7 nitrogen and oxygen atoms in total. The lowest BCUT2D eigenvalue weighted by atomic mass is 9.89. The second kappa shape index (κ2) is 11.4. The van der Waals surface area contributed by atoms with Crippen molar-refractivity contribution in [3.63, 3.8) is 0 Å². The number of aliphatic hydroxyl groups excluding tert-OH is 2. The first-order valence-corrected chi connectivity index (χ1v) is 10.9. The highest BCUT2D eigenvalue weighted by atomic mass is 16.8. The number of allylic oxidation sites excluding steroid dienone is 2. The molecule has 7 heteroatoms. The van der Waals surface area contributed by atoms with Gasteiger partial charge in [0.25, 0.3) is 0 Å². The van der Waals surface area contributed by atoms with Crippen molar-refractivity contribution in [1.82, 2.24) is 0 Å². The van der Waals surface area contributed by atoms with Gasteiger partial charge in [0, 0.05) is 18.8 Å². The van der Waals surface area contributed by atoms with E-state index in [1.165, 1.54) is 0 Å². The number of rotatable bonds is 11. The number of ether oxygens (including phenoxy) is 3. The van der Waals surface area contributed by atoms with E-state index in [0.29, 0.717) is 38.9 Å². The Hall–Kier alpha value is -2.19. The Morgan fingerprint density at radius 3 is 2.58 bits per heavy atom. The molecule has 3 N–H and O–H groups in total. The molecule has 1 heterocycles. The predicted molar refractivity (Wildman–Crippen MR) is 115 cm³/mol. The first-order valence-electron chi connectivity index (χ1n) is 10.9. The lowest BCUT2D eigenvalue weighted by Crippen LogP contribution is -2.35. The van der Waals surface area contributed by atoms with Crippen LogP contribution in [-0.2, 0) is 14.3 Å². The molecule has 1 aliphatic heterocycles. The molecule has 2 aliphatic rings. The zero-order valence-corrected chi connectivity index (χ0v) is 17.6. The maximum absolute atomic E-state index is 10.6. The predicted octanol–water partition coefficient (Wildman–Crippen LogP) is 2.92. The molecule has 4 atom stereocenters. The first-order chi connectivity index (χ1) is 15.0. The van der Waals surface area contributed by atoms with Crippen LogP contribution in [0.25, 0.3) is 0 Å². The van der Waals surface area contributed by atoms with Crippen LogP contribution in [0.2, 0.25) is 0 Å². The summed E-state index contributed by atoms with van der Waals surface area (Å²) < 4.78 is 17.5. The number of hydrogen-bond acceptors (Lipinski definition) is 6. The SMILES string of the molecule is O=C(O)CCC/C=C/CC1C(O)CC(O)[C@@H]1/C=C/C1(COc2ccccc2)OCCO1. The largest absolute Gasteiger partial charge is 0.488 e. The number of para-hydroxylation sites is 1. The van der Waals surface area contributed by atoms with Crippen LogP contribution < -0.4 is 4.74 Å². The van der Waals surface area contributed by atoms with Crippen molar-refractivity contribution in [2.24, 2.45) is 11.8 Å². The molecule has 3 unspecified atom stereocenters. The zero-order chi connectivity index (χ0) is 22.1. The average Bonchev–Trinajstić information content (AvgIpc) is 3.32. The van der Waals surface area contributed by atoms with Gasteiger partial charge < -0.3 is 29.5 Å². The Bertz CT molecular complexity index is 740. The summed E-state index contributed by atoms with van der Waals surface area (Å²) in [5.74, 6) is -1.46. The third-order valence-corrected chi connectivity index (χ3v) is 5.78. The highest BCUT2D eigenvalue weighted by Crippen LogP contribution is 2.37. The first kappa shape index (κ1) is 23.5. The van der Waals surface area contributed by atoms with Gasteiger partial charge in [-0.3, -0.25) is 4.79 Å². The van der Waals surface area contributed by atoms with E-state index in [4.69, 9.17) is 19.3 Å². The van der Waals surface area contributed by atoms with Crippen molar-refractivity contribution in [3.8, 4) is 5.75 Å². The van der Waals surface area contributed by atoms with Gasteiger partial charge in [-0.1, -0.05) is 36.4 Å². The molecule has 0 aromatic heterocycles. The van der Waals surface area contributed by atoms with Crippen molar-refractivity contribution in [2.75, 3.05) is 19.8 Å². The molecule has 1 aromatic rings. The van der Waals surface area contributed by atoms with Crippen molar-refractivity contribution in [3.05, 3.63) is 54.6 Å². The van der Waals surface area contributed by atoms with Gasteiger partial charge >= 0.3 is 5.97 Å². The fraction of sp³-hybridized carbons (Fsp3) is 0.542. The molecule has 1 aromatic carbocycles. The van der Waals surface area contributed by atoms with E-state index in [0.717, 1.165) is 5.75 Å². The highest BCUT2D eigenvalue weighted by molar-refractivity contribution is 5.66. The number of carboxylic acids is 1. The van der Waals surface area contributed by atoms with Crippen LogP contribution in [0.1, 0.15) is 32.1 Å². The van der Waals surface area contributed by atoms with Crippen LogP contribution in [0.15, 0.2) is 54.6 Å². The Labute approximate surface area is 182 Å². The molecule has 1 saturated heterocycles. The smallest absolute Gasteiger partial charge is 0.303 e. The summed E-state index contributed by atoms with van der Waals surface area (Å²) in [5.41, 5.74) is 0. The van der Waals surface area contributed by atoms with Crippen LogP contribution in [-0.4, -0.2) is 59.1 Å². The second-order valence-electron chi connectivity index (χ2n) is 8.07. The lowest BCUT2D eigenvalue weighted by Gasteiger charge is -2.26. The van der Waals surface area contributed by atoms with Crippen LogP contribution in [0.5, 0.6) is 5.75 Å². The Kier molecular flexibility index (Phi) is 8.66. The number of carboxylic acid groups (broad SMARTS) is 1. The minimum absolute atomic E-state index is 0.129. The van der Waals surface area contributed by atoms with E-state index in [2.05, 4.69) is 0 Å². The summed E-state index contributed by atoms with van der Waals surface area (Å²) in [4.78, 5) is 10.6. The Morgan fingerprint density at radius 1 is 1.13 bits per heavy atom. The third-order valence-electron chi connectivity index (χ3n) is 5.78. The third kappa shape index (κ3) is 6.90. The fourth-order valence-corrected chi connectivity index (χ4v) is 4.11. The van der Waals surface area contributed by atoms with Gasteiger partial charge in [0.1, 0.15) is 12.4 Å². The van der Waals surface area contributed by atoms with E-state index < -0.39 is 24.0 Å². The maximum Gasteiger partial charge on any atom is 0.303 e. The number of aliphatic carboxylic acids is 1. The number of unbranched alkanes of at least 4 members (excludes halogenated alkanes) is 1. The van der Waals surface area contributed by atoms with E-state index in [1.807, 2.05) is 48.6 Å². The van der Waals surface area contributed by atoms with Crippen molar-refractivity contribution in [1.29, 1.82) is 0 Å². The van der Waals surface area contributed by atoms with E-state index in [9.17, 15) is 15.0 Å². The van der Waals surface area contributed by atoms with Crippen LogP contribution in [0, 0.1) is 11.8 Å². The maximum atomic E-state index is 10.6. The Balaban J connectivity index is 1.59. The van der Waals surface area contributed by atoms with E-state index >= 15 is 0 Å². The molecule has 1 aliphatic carbocycles. The zero-order valence-electron chi connectivity index (χ0n) is 17.6. The molecule has 1 saturated carbocycles. The summed E-state index contributed by atoms with van der Waals surface area (Å²) in [7, 11) is 0.